The highest BCUT2D eigenvalue weighted by atomic mass is 14.9. The van der Waals surface area contributed by atoms with Gasteiger partial charge < -0.3 is 0 Å². The minimum atomic E-state index is -0.108. The van der Waals surface area contributed by atoms with Crippen molar-refractivity contribution in [3.05, 3.63) is 242 Å². The molecular formula is C63H44N2. The van der Waals surface area contributed by atoms with E-state index in [2.05, 4.69) is 244 Å². The van der Waals surface area contributed by atoms with E-state index in [4.69, 9.17) is 9.97 Å². The van der Waals surface area contributed by atoms with Gasteiger partial charge in [0.1, 0.15) is 0 Å². The van der Waals surface area contributed by atoms with Gasteiger partial charge in [-0.15, -0.1) is 0 Å². The van der Waals surface area contributed by atoms with Gasteiger partial charge in [-0.25, -0.2) is 9.97 Å². The third-order valence-electron chi connectivity index (χ3n) is 13.5. The molecule has 0 saturated heterocycles. The zero-order chi connectivity index (χ0) is 43.5. The van der Waals surface area contributed by atoms with Crippen molar-refractivity contribution in [3.63, 3.8) is 0 Å². The van der Waals surface area contributed by atoms with Crippen molar-refractivity contribution < 1.29 is 0 Å². The number of hydrogen-bond acceptors (Lipinski definition) is 2. The van der Waals surface area contributed by atoms with Crippen molar-refractivity contribution in [3.8, 4) is 89.5 Å². The van der Waals surface area contributed by atoms with E-state index in [-0.39, 0.29) is 5.41 Å². The van der Waals surface area contributed by atoms with Gasteiger partial charge in [-0.2, -0.15) is 0 Å². The Morgan fingerprint density at radius 2 is 0.754 bits per heavy atom. The molecule has 11 aromatic rings. The maximum Gasteiger partial charge on any atom is 0.161 e. The lowest BCUT2D eigenvalue weighted by molar-refractivity contribution is 0.661. The van der Waals surface area contributed by atoms with E-state index in [9.17, 15) is 0 Å². The highest BCUT2D eigenvalue weighted by Gasteiger charge is 2.37. The predicted molar refractivity (Wildman–Crippen MR) is 273 cm³/mol. The van der Waals surface area contributed by atoms with Gasteiger partial charge in [-0.05, 0) is 131 Å². The average Bonchev–Trinajstić information content (AvgIpc) is 3.60. The summed E-state index contributed by atoms with van der Waals surface area (Å²) in [5.74, 6) is 0.692. The van der Waals surface area contributed by atoms with Crippen LogP contribution in [-0.4, -0.2) is 9.97 Å². The first-order valence-corrected chi connectivity index (χ1v) is 22.5. The normalized spacial score (nSPS) is 12.6. The summed E-state index contributed by atoms with van der Waals surface area (Å²) in [5.41, 5.74) is 19.6. The number of aromatic nitrogens is 2. The van der Waals surface area contributed by atoms with Gasteiger partial charge in [0.2, 0.25) is 0 Å². The van der Waals surface area contributed by atoms with Crippen molar-refractivity contribution in [2.24, 2.45) is 0 Å². The molecule has 0 spiro atoms. The summed E-state index contributed by atoms with van der Waals surface area (Å²) < 4.78 is 0. The number of benzene rings is 10. The summed E-state index contributed by atoms with van der Waals surface area (Å²) in [6.45, 7) is 4.73. The van der Waals surface area contributed by atoms with E-state index in [1.165, 1.54) is 66.4 Å². The van der Waals surface area contributed by atoms with Gasteiger partial charge in [0.25, 0.3) is 0 Å². The molecule has 0 fully saturated rings. The molecule has 0 amide bonds. The fourth-order valence-corrected chi connectivity index (χ4v) is 10.2. The van der Waals surface area contributed by atoms with Crippen LogP contribution in [0, 0.1) is 0 Å². The fraction of sp³-hybridized carbons (Fsp3) is 0.0476. The maximum atomic E-state index is 5.39. The maximum absolute atomic E-state index is 5.39. The molecule has 1 aliphatic rings. The summed E-state index contributed by atoms with van der Waals surface area (Å²) in [5, 5.41) is 4.82. The van der Waals surface area contributed by atoms with Crippen LogP contribution in [0.3, 0.4) is 0 Å². The zero-order valence-electron chi connectivity index (χ0n) is 36.3. The Labute approximate surface area is 380 Å². The lowest BCUT2D eigenvalue weighted by Crippen LogP contribution is -2.14. The smallest absolute Gasteiger partial charge is 0.161 e. The second-order valence-corrected chi connectivity index (χ2v) is 17.7. The van der Waals surface area contributed by atoms with Crippen LogP contribution < -0.4 is 0 Å². The minimum Gasteiger partial charge on any atom is -0.228 e. The molecule has 0 aliphatic heterocycles. The summed E-state index contributed by atoms with van der Waals surface area (Å²) in [4.78, 5) is 10.8. The van der Waals surface area contributed by atoms with Crippen LogP contribution in [0.4, 0.5) is 0 Å². The highest BCUT2D eigenvalue weighted by Crippen LogP contribution is 2.53. The molecule has 1 heterocycles. The molecule has 1 aliphatic carbocycles. The molecule has 2 nitrogen and oxygen atoms in total. The van der Waals surface area contributed by atoms with E-state index in [1.807, 2.05) is 0 Å². The molecule has 306 valence electrons. The van der Waals surface area contributed by atoms with Gasteiger partial charge in [0, 0.05) is 22.1 Å². The largest absolute Gasteiger partial charge is 0.228 e. The van der Waals surface area contributed by atoms with Gasteiger partial charge in [-0.3, -0.25) is 0 Å². The monoisotopic (exact) mass is 828 g/mol. The molecule has 0 atom stereocenters. The third-order valence-corrected chi connectivity index (χ3v) is 13.5. The van der Waals surface area contributed by atoms with Gasteiger partial charge in [0.15, 0.2) is 5.82 Å². The quantitative estimate of drug-likeness (QED) is 0.160. The van der Waals surface area contributed by atoms with Crippen LogP contribution in [0.15, 0.2) is 231 Å². The Balaban J connectivity index is 0.995. The van der Waals surface area contributed by atoms with Crippen molar-refractivity contribution in [1.29, 1.82) is 0 Å². The standard InChI is InChI=1S/C63H44N2/c1-63(2)57-32-16-31-52(61(57)56-38-45-21-9-10-22-46(45)39-58(56)63)48-26-15-25-47(37-48)51-33-34-55(54-30-12-11-29-53(51)54)62-64-59(49-27-13-23-43(35-49)41-17-5-3-6-18-41)40-60(65-62)50-28-14-24-44(36-50)42-19-7-4-8-20-42/h3-40H,1-2H3. The first kappa shape index (κ1) is 38.5. The molecular weight excluding hydrogens is 785 g/mol. The van der Waals surface area contributed by atoms with Crippen LogP contribution >= 0.6 is 0 Å². The molecule has 12 rings (SSSR count). The van der Waals surface area contributed by atoms with Crippen molar-refractivity contribution in [1.82, 2.24) is 9.97 Å². The topological polar surface area (TPSA) is 25.8 Å². The molecule has 65 heavy (non-hydrogen) atoms. The minimum absolute atomic E-state index is 0.108. The second-order valence-electron chi connectivity index (χ2n) is 17.7. The number of nitrogens with zero attached hydrogens (tertiary/aromatic N) is 2. The zero-order valence-corrected chi connectivity index (χ0v) is 36.3. The highest BCUT2D eigenvalue weighted by molar-refractivity contribution is 6.05. The van der Waals surface area contributed by atoms with E-state index in [1.54, 1.807) is 0 Å². The van der Waals surface area contributed by atoms with Crippen LogP contribution in [0.5, 0.6) is 0 Å². The van der Waals surface area contributed by atoms with Crippen LogP contribution in [0.1, 0.15) is 25.0 Å². The third kappa shape index (κ3) is 6.74. The molecule has 0 saturated carbocycles. The van der Waals surface area contributed by atoms with E-state index < -0.39 is 0 Å². The van der Waals surface area contributed by atoms with Gasteiger partial charge >= 0.3 is 0 Å². The Bertz CT molecular complexity index is 3520. The molecule has 0 N–H and O–H groups in total. The second kappa shape index (κ2) is 15.6. The van der Waals surface area contributed by atoms with E-state index >= 15 is 0 Å². The number of hydrogen-bond donors (Lipinski definition) is 0. The number of rotatable bonds is 7. The van der Waals surface area contributed by atoms with Gasteiger partial charge in [-0.1, -0.05) is 202 Å². The molecule has 1 aromatic heterocycles. The Morgan fingerprint density at radius 3 is 1.38 bits per heavy atom. The Kier molecular flexibility index (Phi) is 9.21. The van der Waals surface area contributed by atoms with Crippen molar-refractivity contribution in [2.45, 2.75) is 19.3 Å². The lowest BCUT2D eigenvalue weighted by Gasteiger charge is -2.22. The Morgan fingerprint density at radius 1 is 0.292 bits per heavy atom. The lowest BCUT2D eigenvalue weighted by atomic mass is 9.81. The fourth-order valence-electron chi connectivity index (χ4n) is 10.2. The SMILES string of the molecule is CC1(C)c2cc3ccccc3cc2-c2c(-c3cccc(-c4ccc(-c5nc(-c6cccc(-c7ccccc7)c6)cc(-c6cccc(-c7ccccc7)c6)n5)c5ccccc45)c3)cccc21. The molecule has 0 bridgehead atoms. The van der Waals surface area contributed by atoms with Crippen LogP contribution in [0.2, 0.25) is 0 Å². The summed E-state index contributed by atoms with van der Waals surface area (Å²) in [7, 11) is 0. The first-order chi connectivity index (χ1) is 32.0. The van der Waals surface area contributed by atoms with Crippen LogP contribution in [0.25, 0.3) is 111 Å². The molecule has 2 heteroatoms. The van der Waals surface area contributed by atoms with Crippen LogP contribution in [-0.2, 0) is 5.41 Å². The summed E-state index contributed by atoms with van der Waals surface area (Å²) in [6.07, 6.45) is 0. The van der Waals surface area contributed by atoms with Crippen molar-refractivity contribution >= 4 is 21.5 Å². The molecule has 0 unspecified atom stereocenters. The van der Waals surface area contributed by atoms with E-state index in [0.29, 0.717) is 5.82 Å². The van der Waals surface area contributed by atoms with Gasteiger partial charge in [0.05, 0.1) is 11.4 Å². The summed E-state index contributed by atoms with van der Waals surface area (Å²) >= 11 is 0. The molecule has 10 aromatic carbocycles. The van der Waals surface area contributed by atoms with E-state index in [0.717, 1.165) is 50.0 Å². The Hall–Kier alpha value is -8.20. The number of fused-ring (bicyclic) bond motifs is 5. The predicted octanol–water partition coefficient (Wildman–Crippen LogP) is 16.8. The molecule has 0 radical (unpaired) electrons. The summed E-state index contributed by atoms with van der Waals surface area (Å²) in [6, 6.07) is 83.3. The van der Waals surface area contributed by atoms with Crippen molar-refractivity contribution in [2.75, 3.05) is 0 Å². The first-order valence-electron chi connectivity index (χ1n) is 22.5. The average molecular weight is 829 g/mol.